The maximum absolute atomic E-state index is 12.3. The zero-order chi connectivity index (χ0) is 17.8. The number of ether oxygens (including phenoxy) is 2. The van der Waals surface area contributed by atoms with Gasteiger partial charge in [0.15, 0.2) is 0 Å². The summed E-state index contributed by atoms with van der Waals surface area (Å²) in [6.07, 6.45) is 3.87. The first-order valence-corrected chi connectivity index (χ1v) is 9.55. The van der Waals surface area contributed by atoms with Crippen LogP contribution in [0.5, 0.6) is 0 Å². The Balaban J connectivity index is 1.55. The molecule has 1 unspecified atom stereocenters. The van der Waals surface area contributed by atoms with Crippen molar-refractivity contribution in [3.8, 4) is 0 Å². The molecule has 136 valence electrons. The van der Waals surface area contributed by atoms with Gasteiger partial charge in [0.05, 0.1) is 43.6 Å². The van der Waals surface area contributed by atoms with E-state index >= 15 is 0 Å². The summed E-state index contributed by atoms with van der Waals surface area (Å²) in [6.45, 7) is 4.31. The van der Waals surface area contributed by atoms with Crippen molar-refractivity contribution in [1.29, 1.82) is 0 Å². The van der Waals surface area contributed by atoms with Gasteiger partial charge in [0.2, 0.25) is 0 Å². The zero-order valence-corrected chi connectivity index (χ0v) is 15.2. The van der Waals surface area contributed by atoms with Crippen LogP contribution in [-0.4, -0.2) is 37.3 Å². The lowest BCUT2D eigenvalue weighted by molar-refractivity contribution is -0.944. The summed E-state index contributed by atoms with van der Waals surface area (Å²) in [6, 6.07) is 8.99. The minimum Gasteiger partial charge on any atom is -0.497 e. The molecule has 1 fully saturated rings. The number of quaternary nitrogens is 1. The number of rotatable bonds is 1. The standard InChI is InChI=1S/C21H24N2O3/c1-12-16-10-23-8-7-14-13-5-3-4-6-18(13)22-20(14)19(23)9-15(16)17(11-26-12)21(24)25-2/h3-6,11-12,15-16,19,22H,7-10H2,1-2H3/p+1/t12-,15-,16-,19-/m0/s1. The lowest BCUT2D eigenvalue weighted by Crippen LogP contribution is -3.15. The van der Waals surface area contributed by atoms with Gasteiger partial charge in [-0.1, -0.05) is 18.2 Å². The molecule has 1 aromatic heterocycles. The molecule has 5 nitrogen and oxygen atoms in total. The average molecular weight is 353 g/mol. The first-order chi connectivity index (χ1) is 12.7. The Kier molecular flexibility index (Phi) is 3.60. The van der Waals surface area contributed by atoms with Crippen LogP contribution in [0.15, 0.2) is 36.1 Å². The quantitative estimate of drug-likeness (QED) is 0.768. The molecule has 5 rings (SSSR count). The van der Waals surface area contributed by atoms with Crippen LogP contribution in [0.25, 0.3) is 10.9 Å². The average Bonchev–Trinajstić information content (AvgIpc) is 3.06. The number of H-pyrrole nitrogens is 1. The molecule has 0 aliphatic carbocycles. The summed E-state index contributed by atoms with van der Waals surface area (Å²) >= 11 is 0. The van der Waals surface area contributed by atoms with Gasteiger partial charge in [0.1, 0.15) is 12.1 Å². The first kappa shape index (κ1) is 15.9. The number of fused-ring (bicyclic) bond motifs is 6. The van der Waals surface area contributed by atoms with Crippen LogP contribution in [0, 0.1) is 11.8 Å². The van der Waals surface area contributed by atoms with E-state index < -0.39 is 0 Å². The summed E-state index contributed by atoms with van der Waals surface area (Å²) in [7, 11) is 1.45. The van der Waals surface area contributed by atoms with E-state index in [4.69, 9.17) is 9.47 Å². The molecular weight excluding hydrogens is 328 g/mol. The molecule has 3 aliphatic heterocycles. The summed E-state index contributed by atoms with van der Waals surface area (Å²) in [4.78, 5) is 17.6. The van der Waals surface area contributed by atoms with Gasteiger partial charge in [0, 0.05) is 29.7 Å². The number of carbonyl (C=O) groups is 1. The fourth-order valence-electron chi connectivity index (χ4n) is 5.39. The molecule has 0 bridgehead atoms. The van der Waals surface area contributed by atoms with Crippen molar-refractivity contribution in [2.75, 3.05) is 20.2 Å². The number of piperidine rings is 1. The summed E-state index contributed by atoms with van der Waals surface area (Å²) in [5.41, 5.74) is 4.77. The van der Waals surface area contributed by atoms with Gasteiger partial charge >= 0.3 is 5.97 Å². The van der Waals surface area contributed by atoms with Crippen LogP contribution in [-0.2, 0) is 20.7 Å². The van der Waals surface area contributed by atoms with Gasteiger partial charge in [-0.25, -0.2) is 4.79 Å². The SMILES string of the molecule is COC(=O)C1=CO[C@@H](C)[C@@H]2C[NH+]3CCc4c([nH]c5ccccc45)[C@@H]3C[C@H]12. The molecule has 4 heterocycles. The smallest absolute Gasteiger partial charge is 0.337 e. The van der Waals surface area contributed by atoms with E-state index in [-0.39, 0.29) is 18.0 Å². The van der Waals surface area contributed by atoms with Crippen molar-refractivity contribution in [3.63, 3.8) is 0 Å². The van der Waals surface area contributed by atoms with Crippen LogP contribution >= 0.6 is 0 Å². The molecule has 3 aliphatic rings. The topological polar surface area (TPSA) is 55.8 Å². The first-order valence-electron chi connectivity index (χ1n) is 9.55. The van der Waals surface area contributed by atoms with Crippen LogP contribution < -0.4 is 4.90 Å². The van der Waals surface area contributed by atoms with Gasteiger partial charge in [-0.3, -0.25) is 0 Å². The Hall–Kier alpha value is -2.27. The van der Waals surface area contributed by atoms with Gasteiger partial charge in [-0.05, 0) is 18.6 Å². The highest BCUT2D eigenvalue weighted by Gasteiger charge is 2.49. The van der Waals surface area contributed by atoms with E-state index in [1.165, 1.54) is 29.3 Å². The van der Waals surface area contributed by atoms with Crippen molar-refractivity contribution in [3.05, 3.63) is 47.4 Å². The predicted octanol–water partition coefficient (Wildman–Crippen LogP) is 1.76. The lowest BCUT2D eigenvalue weighted by Gasteiger charge is -2.46. The van der Waals surface area contributed by atoms with E-state index in [0.29, 0.717) is 17.5 Å². The molecule has 26 heavy (non-hydrogen) atoms. The molecule has 0 radical (unpaired) electrons. The van der Waals surface area contributed by atoms with Crippen molar-refractivity contribution in [2.45, 2.75) is 31.9 Å². The highest BCUT2D eigenvalue weighted by molar-refractivity contribution is 5.89. The molecule has 0 spiro atoms. The molecule has 1 aromatic carbocycles. The number of carbonyl (C=O) groups excluding carboxylic acids is 1. The van der Waals surface area contributed by atoms with E-state index in [0.717, 1.165) is 25.9 Å². The predicted molar refractivity (Wildman–Crippen MR) is 97.7 cm³/mol. The minimum atomic E-state index is -0.247. The summed E-state index contributed by atoms with van der Waals surface area (Å²) < 4.78 is 10.8. The molecule has 2 N–H and O–H groups in total. The number of hydrogen-bond donors (Lipinski definition) is 2. The third-order valence-corrected chi connectivity index (χ3v) is 6.72. The summed E-state index contributed by atoms with van der Waals surface area (Å²) in [5.74, 6) is 0.326. The van der Waals surface area contributed by atoms with Crippen molar-refractivity contribution in [1.82, 2.24) is 4.98 Å². The number of aromatic nitrogens is 1. The molecular formula is C21H25N2O3+. The molecule has 2 aromatic rings. The van der Waals surface area contributed by atoms with Crippen molar-refractivity contribution in [2.24, 2.45) is 11.8 Å². The number of benzene rings is 1. The molecule has 1 saturated heterocycles. The maximum atomic E-state index is 12.3. The Morgan fingerprint density at radius 2 is 2.19 bits per heavy atom. The number of nitrogens with one attached hydrogen (secondary N) is 2. The Morgan fingerprint density at radius 3 is 3.04 bits per heavy atom. The van der Waals surface area contributed by atoms with E-state index in [9.17, 15) is 4.79 Å². The normalized spacial score (nSPS) is 32.7. The molecule has 0 amide bonds. The largest absolute Gasteiger partial charge is 0.497 e. The Labute approximate surface area is 153 Å². The number of para-hydroxylation sites is 1. The van der Waals surface area contributed by atoms with E-state index in [1.54, 1.807) is 11.2 Å². The third-order valence-electron chi connectivity index (χ3n) is 6.72. The molecule has 5 heteroatoms. The van der Waals surface area contributed by atoms with Gasteiger partial charge in [-0.2, -0.15) is 0 Å². The van der Waals surface area contributed by atoms with Gasteiger partial charge in [0.25, 0.3) is 0 Å². The van der Waals surface area contributed by atoms with Gasteiger partial charge in [-0.15, -0.1) is 0 Å². The van der Waals surface area contributed by atoms with E-state index in [2.05, 4.69) is 36.2 Å². The molecule has 5 atom stereocenters. The number of aromatic amines is 1. The van der Waals surface area contributed by atoms with Gasteiger partial charge < -0.3 is 19.4 Å². The zero-order valence-electron chi connectivity index (χ0n) is 15.2. The van der Waals surface area contributed by atoms with Crippen LogP contribution in [0.1, 0.15) is 30.6 Å². The number of hydrogen-bond acceptors (Lipinski definition) is 3. The fraction of sp³-hybridized carbons (Fsp3) is 0.476. The second-order valence-corrected chi connectivity index (χ2v) is 7.89. The third kappa shape index (κ3) is 2.23. The minimum absolute atomic E-state index is 0.144. The number of methoxy groups -OCH3 is 1. The van der Waals surface area contributed by atoms with E-state index in [1.807, 2.05) is 0 Å². The second kappa shape index (κ2) is 5.88. The highest BCUT2D eigenvalue weighted by Crippen LogP contribution is 2.41. The van der Waals surface area contributed by atoms with Crippen molar-refractivity contribution >= 4 is 16.9 Å². The number of esters is 1. The fourth-order valence-corrected chi connectivity index (χ4v) is 5.39. The maximum Gasteiger partial charge on any atom is 0.337 e. The second-order valence-electron chi connectivity index (χ2n) is 7.89. The summed E-state index contributed by atoms with van der Waals surface area (Å²) in [5, 5.41) is 1.35. The lowest BCUT2D eigenvalue weighted by atomic mass is 9.72. The van der Waals surface area contributed by atoms with Crippen LogP contribution in [0.2, 0.25) is 0 Å². The Morgan fingerprint density at radius 1 is 1.35 bits per heavy atom. The van der Waals surface area contributed by atoms with Crippen molar-refractivity contribution < 1.29 is 19.2 Å². The molecule has 0 saturated carbocycles. The monoisotopic (exact) mass is 353 g/mol. The Bertz CT molecular complexity index is 900. The van der Waals surface area contributed by atoms with Crippen LogP contribution in [0.4, 0.5) is 0 Å². The van der Waals surface area contributed by atoms with Crippen LogP contribution in [0.3, 0.4) is 0 Å². The highest BCUT2D eigenvalue weighted by atomic mass is 16.5.